The van der Waals surface area contributed by atoms with E-state index in [4.69, 9.17) is 11.2 Å². The first-order valence-corrected chi connectivity index (χ1v) is 10.8. The summed E-state index contributed by atoms with van der Waals surface area (Å²) in [5.74, 6) is 2.71. The summed E-state index contributed by atoms with van der Waals surface area (Å²) in [4.78, 5) is 29.6. The second-order valence-corrected chi connectivity index (χ2v) is 9.63. The molecule has 1 saturated carbocycles. The fourth-order valence-electron chi connectivity index (χ4n) is 4.44. The van der Waals surface area contributed by atoms with Gasteiger partial charge in [-0.05, 0) is 52.9 Å². The van der Waals surface area contributed by atoms with Crippen LogP contribution in [-0.2, 0) is 9.53 Å². The van der Waals surface area contributed by atoms with E-state index in [0.29, 0.717) is 32.2 Å². The molecule has 2 aliphatic heterocycles. The Morgan fingerprint density at radius 2 is 1.93 bits per heavy atom. The van der Waals surface area contributed by atoms with Gasteiger partial charge in [-0.1, -0.05) is 0 Å². The van der Waals surface area contributed by atoms with E-state index < -0.39 is 11.3 Å². The highest BCUT2D eigenvalue weighted by molar-refractivity contribution is 5.78. The number of ether oxygens (including phenoxy) is 1. The Morgan fingerprint density at radius 1 is 1.24 bits per heavy atom. The first-order chi connectivity index (χ1) is 13.6. The Bertz CT molecular complexity index is 709. The zero-order valence-electron chi connectivity index (χ0n) is 18.2. The molecule has 0 radical (unpaired) electrons. The van der Waals surface area contributed by atoms with Crippen molar-refractivity contribution in [3.63, 3.8) is 0 Å². The van der Waals surface area contributed by atoms with Crippen LogP contribution in [0.2, 0.25) is 0 Å². The number of carbonyl (C=O) groups is 2. The van der Waals surface area contributed by atoms with Crippen LogP contribution in [0.1, 0.15) is 78.6 Å². The fourth-order valence-corrected chi connectivity index (χ4v) is 4.44. The number of rotatable bonds is 7. The number of hydrogen-bond donors (Lipinski definition) is 0. The average molecular weight is 403 g/mol. The molecular formula is C22H34N4O3. The van der Waals surface area contributed by atoms with Crippen LogP contribution in [0.25, 0.3) is 0 Å². The van der Waals surface area contributed by atoms with Gasteiger partial charge in [0, 0.05) is 39.3 Å². The minimum Gasteiger partial charge on any atom is -0.444 e. The molecule has 7 nitrogen and oxygen atoms in total. The molecule has 2 amide bonds. The summed E-state index contributed by atoms with van der Waals surface area (Å²) in [6.45, 7) is 6.35. The van der Waals surface area contributed by atoms with Crippen LogP contribution in [0.15, 0.2) is 10.2 Å². The molecule has 2 heterocycles. The van der Waals surface area contributed by atoms with Gasteiger partial charge >= 0.3 is 6.09 Å². The summed E-state index contributed by atoms with van der Waals surface area (Å²) in [5, 5.41) is 8.26. The Balaban J connectivity index is 1.63. The van der Waals surface area contributed by atoms with Crippen LogP contribution >= 0.6 is 0 Å². The van der Waals surface area contributed by atoms with E-state index in [1.807, 2.05) is 37.6 Å². The van der Waals surface area contributed by atoms with Crippen molar-refractivity contribution in [3.05, 3.63) is 0 Å². The molecule has 0 spiro atoms. The van der Waals surface area contributed by atoms with Crippen molar-refractivity contribution in [2.24, 2.45) is 10.2 Å². The van der Waals surface area contributed by atoms with Crippen LogP contribution in [0, 0.1) is 12.3 Å². The van der Waals surface area contributed by atoms with Crippen molar-refractivity contribution in [3.8, 4) is 12.3 Å². The molecule has 0 aromatic heterocycles. The summed E-state index contributed by atoms with van der Waals surface area (Å²) >= 11 is 0. The van der Waals surface area contributed by atoms with Crippen molar-refractivity contribution in [2.45, 2.75) is 101 Å². The van der Waals surface area contributed by atoms with Crippen LogP contribution < -0.4 is 0 Å². The second kappa shape index (κ2) is 7.97. The van der Waals surface area contributed by atoms with Gasteiger partial charge in [0.15, 0.2) is 5.66 Å². The lowest BCUT2D eigenvalue weighted by atomic mass is 9.92. The third kappa shape index (κ3) is 4.91. The van der Waals surface area contributed by atoms with E-state index in [-0.39, 0.29) is 23.6 Å². The molecule has 1 aliphatic carbocycles. The number of likely N-dealkylation sites (N-methyl/N-ethyl adjacent to an activating group) is 1. The van der Waals surface area contributed by atoms with Gasteiger partial charge in [0.1, 0.15) is 5.60 Å². The Hall–Kier alpha value is -2.10. The van der Waals surface area contributed by atoms with E-state index in [2.05, 4.69) is 16.1 Å². The Morgan fingerprint density at radius 3 is 2.48 bits per heavy atom. The Kier molecular flexibility index (Phi) is 5.93. The second-order valence-electron chi connectivity index (χ2n) is 9.63. The van der Waals surface area contributed by atoms with Crippen molar-refractivity contribution in [1.29, 1.82) is 0 Å². The zero-order chi connectivity index (χ0) is 21.3. The van der Waals surface area contributed by atoms with Gasteiger partial charge in [0.2, 0.25) is 5.91 Å². The maximum Gasteiger partial charge on any atom is 0.410 e. The highest BCUT2D eigenvalue weighted by Gasteiger charge is 2.57. The largest absolute Gasteiger partial charge is 0.444 e. The molecule has 1 saturated heterocycles. The number of carbonyl (C=O) groups excluding carboxylic acids is 2. The number of piperidine rings is 1. The van der Waals surface area contributed by atoms with Crippen molar-refractivity contribution < 1.29 is 14.3 Å². The monoisotopic (exact) mass is 402 g/mol. The molecule has 2 fully saturated rings. The summed E-state index contributed by atoms with van der Waals surface area (Å²) in [5.41, 5.74) is -1.23. The molecular weight excluding hydrogens is 368 g/mol. The first kappa shape index (κ1) is 21.6. The van der Waals surface area contributed by atoms with Crippen LogP contribution in [0.3, 0.4) is 0 Å². The molecule has 0 N–H and O–H groups in total. The highest BCUT2D eigenvalue weighted by atomic mass is 16.6. The van der Waals surface area contributed by atoms with E-state index in [9.17, 15) is 9.59 Å². The minimum atomic E-state index is -0.526. The van der Waals surface area contributed by atoms with Gasteiger partial charge in [-0.3, -0.25) is 4.79 Å². The average Bonchev–Trinajstić information content (AvgIpc) is 3.59. The molecule has 0 bridgehead atoms. The molecule has 29 heavy (non-hydrogen) atoms. The van der Waals surface area contributed by atoms with E-state index in [0.717, 1.165) is 32.1 Å². The lowest BCUT2D eigenvalue weighted by Crippen LogP contribution is -2.58. The first-order valence-electron chi connectivity index (χ1n) is 10.8. The summed E-state index contributed by atoms with van der Waals surface area (Å²) < 4.78 is 5.65. The lowest BCUT2D eigenvalue weighted by molar-refractivity contribution is -0.135. The number of terminal acetylenes is 1. The van der Waals surface area contributed by atoms with Gasteiger partial charge in [-0.25, -0.2) is 4.79 Å². The van der Waals surface area contributed by atoms with Gasteiger partial charge in [-0.15, -0.1) is 12.3 Å². The molecule has 1 unspecified atom stereocenters. The molecule has 160 valence electrons. The van der Waals surface area contributed by atoms with Gasteiger partial charge in [-0.2, -0.15) is 10.2 Å². The van der Waals surface area contributed by atoms with Gasteiger partial charge in [0.25, 0.3) is 0 Å². The molecule has 3 aliphatic rings. The van der Waals surface area contributed by atoms with E-state index in [1.54, 1.807) is 0 Å². The summed E-state index contributed by atoms with van der Waals surface area (Å²) in [6, 6.07) is 0.0192. The van der Waals surface area contributed by atoms with Crippen LogP contribution in [0.5, 0.6) is 0 Å². The number of hydrogen-bond acceptors (Lipinski definition) is 5. The third-order valence-corrected chi connectivity index (χ3v) is 6.35. The van der Waals surface area contributed by atoms with Gasteiger partial charge < -0.3 is 14.5 Å². The smallest absolute Gasteiger partial charge is 0.410 e. The maximum atomic E-state index is 13.0. The van der Waals surface area contributed by atoms with Crippen LogP contribution in [-0.4, -0.2) is 58.2 Å². The minimum absolute atomic E-state index is 0.0192. The summed E-state index contributed by atoms with van der Waals surface area (Å²) in [6.07, 6.45) is 12.2. The van der Waals surface area contributed by atoms with Crippen LogP contribution in [0.4, 0.5) is 4.79 Å². The normalized spacial score (nSPS) is 23.8. The number of nitrogens with zero attached hydrogens (tertiary/aromatic N) is 4. The molecule has 0 aromatic rings. The van der Waals surface area contributed by atoms with Crippen molar-refractivity contribution >= 4 is 12.0 Å². The number of likely N-dealkylation sites (tertiary alicyclic amines) is 1. The SMILES string of the molecule is C#CCCC1(CCC(=O)N(C)C2(C3CCCCN3C(=O)OC(C)(C)C)CC2)N=N1. The lowest BCUT2D eigenvalue weighted by Gasteiger charge is -2.44. The fraction of sp³-hybridized carbons (Fsp3) is 0.818. The zero-order valence-corrected chi connectivity index (χ0v) is 18.2. The van der Waals surface area contributed by atoms with Gasteiger partial charge in [0.05, 0.1) is 11.6 Å². The molecule has 3 rings (SSSR count). The van der Waals surface area contributed by atoms with E-state index >= 15 is 0 Å². The topological polar surface area (TPSA) is 74.6 Å². The van der Waals surface area contributed by atoms with Crippen molar-refractivity contribution in [2.75, 3.05) is 13.6 Å². The quantitative estimate of drug-likeness (QED) is 0.601. The molecule has 1 atom stereocenters. The van der Waals surface area contributed by atoms with E-state index in [1.165, 1.54) is 0 Å². The third-order valence-electron chi connectivity index (χ3n) is 6.35. The Labute approximate surface area is 174 Å². The molecule has 0 aromatic carbocycles. The predicted octanol–water partition coefficient (Wildman–Crippen LogP) is 4.12. The standard InChI is InChI=1S/C22H34N4O3/c1-6-7-12-22(23-24-22)13-11-18(27)25(5)21(14-15-21)17-10-8-9-16-26(17)19(28)29-20(2,3)4/h1,17H,7-16H2,2-5H3. The number of amides is 2. The van der Waals surface area contributed by atoms with Crippen molar-refractivity contribution in [1.82, 2.24) is 9.80 Å². The molecule has 7 heteroatoms. The predicted molar refractivity (Wildman–Crippen MR) is 110 cm³/mol. The maximum absolute atomic E-state index is 13.0. The summed E-state index contributed by atoms with van der Waals surface area (Å²) in [7, 11) is 1.88. The highest BCUT2D eigenvalue weighted by Crippen LogP contribution is 2.49.